The van der Waals surface area contributed by atoms with Gasteiger partial charge in [0.1, 0.15) is 5.78 Å². The van der Waals surface area contributed by atoms with Gasteiger partial charge in [-0.15, -0.1) is 0 Å². The van der Waals surface area contributed by atoms with E-state index in [9.17, 15) is 4.79 Å². The first-order chi connectivity index (χ1) is 7.52. The number of hydrogen-bond acceptors (Lipinski definition) is 3. The summed E-state index contributed by atoms with van der Waals surface area (Å²) in [6, 6.07) is -0.0336. The van der Waals surface area contributed by atoms with Crippen LogP contribution in [-0.2, 0) is 17.8 Å². The van der Waals surface area contributed by atoms with Gasteiger partial charge < -0.3 is 5.73 Å². The third kappa shape index (κ3) is 3.77. The van der Waals surface area contributed by atoms with Crippen molar-refractivity contribution in [1.82, 2.24) is 9.78 Å². The molecule has 0 aliphatic heterocycles. The van der Waals surface area contributed by atoms with Gasteiger partial charge in [0.25, 0.3) is 0 Å². The highest BCUT2D eigenvalue weighted by Gasteiger charge is 2.13. The number of nitrogens with two attached hydrogens (primary N) is 1. The third-order valence-corrected chi connectivity index (χ3v) is 2.73. The standard InChI is InChI=1S/C12H21N3O/c1-4-15-8-10(7-14-15)5-11(16)6-12(13)9(2)3/h7-9,12H,4-6,13H2,1-3H3. The molecule has 0 aliphatic carbocycles. The van der Waals surface area contributed by atoms with Gasteiger partial charge in [0.15, 0.2) is 0 Å². The van der Waals surface area contributed by atoms with Gasteiger partial charge in [-0.2, -0.15) is 5.10 Å². The molecule has 0 amide bonds. The van der Waals surface area contributed by atoms with Crippen molar-refractivity contribution in [2.24, 2.45) is 11.7 Å². The van der Waals surface area contributed by atoms with Crippen molar-refractivity contribution in [1.29, 1.82) is 0 Å². The van der Waals surface area contributed by atoms with Crippen molar-refractivity contribution in [3.63, 3.8) is 0 Å². The Labute approximate surface area is 96.8 Å². The van der Waals surface area contributed by atoms with Gasteiger partial charge in [-0.1, -0.05) is 13.8 Å². The molecule has 4 nitrogen and oxygen atoms in total. The van der Waals surface area contributed by atoms with Crippen LogP contribution in [0.5, 0.6) is 0 Å². The Morgan fingerprint density at radius 1 is 1.56 bits per heavy atom. The molecule has 90 valence electrons. The van der Waals surface area contributed by atoms with Crippen LogP contribution < -0.4 is 5.73 Å². The van der Waals surface area contributed by atoms with Crippen LogP contribution in [0.15, 0.2) is 12.4 Å². The Kier molecular flexibility index (Phi) is 4.68. The van der Waals surface area contributed by atoms with E-state index < -0.39 is 0 Å². The highest BCUT2D eigenvalue weighted by Crippen LogP contribution is 2.07. The number of nitrogens with zero attached hydrogens (tertiary/aromatic N) is 2. The lowest BCUT2D eigenvalue weighted by Crippen LogP contribution is -2.29. The topological polar surface area (TPSA) is 60.9 Å². The van der Waals surface area contributed by atoms with Crippen LogP contribution in [0.1, 0.15) is 32.8 Å². The minimum absolute atomic E-state index is 0.0336. The Hall–Kier alpha value is -1.16. The number of aryl methyl sites for hydroxylation is 1. The van der Waals surface area contributed by atoms with E-state index in [0.717, 1.165) is 12.1 Å². The van der Waals surface area contributed by atoms with E-state index in [1.807, 2.05) is 31.6 Å². The molecule has 0 aromatic carbocycles. The summed E-state index contributed by atoms with van der Waals surface area (Å²) in [5.41, 5.74) is 6.84. The normalized spacial score (nSPS) is 13.1. The molecule has 1 aromatic heterocycles. The summed E-state index contributed by atoms with van der Waals surface area (Å²) in [4.78, 5) is 11.7. The molecule has 0 bridgehead atoms. The Balaban J connectivity index is 2.45. The van der Waals surface area contributed by atoms with Gasteiger partial charge in [0.05, 0.1) is 6.20 Å². The van der Waals surface area contributed by atoms with Crippen LogP contribution in [0, 0.1) is 5.92 Å². The second-order valence-electron chi connectivity index (χ2n) is 4.53. The first-order valence-corrected chi connectivity index (χ1v) is 5.81. The summed E-state index contributed by atoms with van der Waals surface area (Å²) >= 11 is 0. The Morgan fingerprint density at radius 2 is 2.25 bits per heavy atom. The van der Waals surface area contributed by atoms with E-state index in [0.29, 0.717) is 18.8 Å². The molecule has 2 N–H and O–H groups in total. The molecular formula is C12H21N3O. The fourth-order valence-electron chi connectivity index (χ4n) is 1.47. The zero-order valence-electron chi connectivity index (χ0n) is 10.3. The predicted molar refractivity (Wildman–Crippen MR) is 64.0 cm³/mol. The second kappa shape index (κ2) is 5.80. The SMILES string of the molecule is CCn1cc(CC(=O)CC(N)C(C)C)cn1. The Morgan fingerprint density at radius 3 is 2.75 bits per heavy atom. The van der Waals surface area contributed by atoms with Crippen LogP contribution in [0.3, 0.4) is 0 Å². The molecule has 1 aromatic rings. The minimum atomic E-state index is -0.0336. The second-order valence-corrected chi connectivity index (χ2v) is 4.53. The van der Waals surface area contributed by atoms with Crippen LogP contribution in [-0.4, -0.2) is 21.6 Å². The Bertz CT molecular complexity index is 344. The van der Waals surface area contributed by atoms with Crippen molar-refractivity contribution in [3.05, 3.63) is 18.0 Å². The van der Waals surface area contributed by atoms with Crippen molar-refractivity contribution in [2.45, 2.75) is 46.2 Å². The number of carbonyl (C=O) groups is 1. The summed E-state index contributed by atoms with van der Waals surface area (Å²) in [6.45, 7) is 6.92. The lowest BCUT2D eigenvalue weighted by atomic mass is 9.97. The number of aromatic nitrogens is 2. The van der Waals surface area contributed by atoms with Crippen LogP contribution in [0.4, 0.5) is 0 Å². The highest BCUT2D eigenvalue weighted by atomic mass is 16.1. The summed E-state index contributed by atoms with van der Waals surface area (Å²) in [5, 5.41) is 4.14. The number of hydrogen-bond donors (Lipinski definition) is 1. The molecule has 0 fully saturated rings. The maximum absolute atomic E-state index is 11.7. The zero-order valence-corrected chi connectivity index (χ0v) is 10.3. The lowest BCUT2D eigenvalue weighted by molar-refractivity contribution is -0.118. The molecular weight excluding hydrogens is 202 g/mol. The van der Waals surface area contributed by atoms with Gasteiger partial charge in [-0.25, -0.2) is 0 Å². The van der Waals surface area contributed by atoms with Crippen molar-refractivity contribution < 1.29 is 4.79 Å². The first kappa shape index (κ1) is 12.9. The van der Waals surface area contributed by atoms with Gasteiger partial charge in [-0.3, -0.25) is 9.48 Å². The molecule has 1 rings (SSSR count). The van der Waals surface area contributed by atoms with Crippen LogP contribution in [0.2, 0.25) is 0 Å². The van der Waals surface area contributed by atoms with E-state index in [1.165, 1.54) is 0 Å². The molecule has 0 saturated heterocycles. The summed E-state index contributed by atoms with van der Waals surface area (Å²) < 4.78 is 1.82. The third-order valence-electron chi connectivity index (χ3n) is 2.73. The first-order valence-electron chi connectivity index (χ1n) is 5.81. The molecule has 0 spiro atoms. The average molecular weight is 223 g/mol. The molecule has 0 radical (unpaired) electrons. The number of carbonyl (C=O) groups excluding carboxylic acids is 1. The fraction of sp³-hybridized carbons (Fsp3) is 0.667. The summed E-state index contributed by atoms with van der Waals surface area (Å²) in [6.07, 6.45) is 4.57. The average Bonchev–Trinajstić information content (AvgIpc) is 2.65. The molecule has 16 heavy (non-hydrogen) atoms. The number of rotatable bonds is 6. The summed E-state index contributed by atoms with van der Waals surface area (Å²) in [7, 11) is 0. The number of Topliss-reactive ketones (excluding diaryl/α,β-unsaturated/α-hetero) is 1. The lowest BCUT2D eigenvalue weighted by Gasteiger charge is -2.13. The van der Waals surface area contributed by atoms with Gasteiger partial charge in [0, 0.05) is 31.6 Å². The minimum Gasteiger partial charge on any atom is -0.327 e. The monoisotopic (exact) mass is 223 g/mol. The van der Waals surface area contributed by atoms with Gasteiger partial charge in [-0.05, 0) is 18.4 Å². The van der Waals surface area contributed by atoms with Gasteiger partial charge >= 0.3 is 0 Å². The van der Waals surface area contributed by atoms with Crippen molar-refractivity contribution in [2.75, 3.05) is 0 Å². The van der Waals surface area contributed by atoms with E-state index in [1.54, 1.807) is 6.20 Å². The fourth-order valence-corrected chi connectivity index (χ4v) is 1.47. The van der Waals surface area contributed by atoms with E-state index in [-0.39, 0.29) is 11.8 Å². The maximum atomic E-state index is 11.7. The molecule has 1 unspecified atom stereocenters. The summed E-state index contributed by atoms with van der Waals surface area (Å²) in [5.74, 6) is 0.541. The van der Waals surface area contributed by atoms with Crippen molar-refractivity contribution >= 4 is 5.78 Å². The molecule has 4 heteroatoms. The van der Waals surface area contributed by atoms with Crippen molar-refractivity contribution in [3.8, 4) is 0 Å². The van der Waals surface area contributed by atoms with Crippen LogP contribution in [0.25, 0.3) is 0 Å². The number of ketones is 1. The maximum Gasteiger partial charge on any atom is 0.138 e. The van der Waals surface area contributed by atoms with E-state index in [4.69, 9.17) is 5.73 Å². The molecule has 0 saturated carbocycles. The largest absolute Gasteiger partial charge is 0.327 e. The highest BCUT2D eigenvalue weighted by molar-refractivity contribution is 5.81. The predicted octanol–water partition coefficient (Wildman–Crippen LogP) is 1.39. The zero-order chi connectivity index (χ0) is 12.1. The molecule has 1 atom stereocenters. The van der Waals surface area contributed by atoms with Crippen LogP contribution >= 0.6 is 0 Å². The molecule has 1 heterocycles. The quantitative estimate of drug-likeness (QED) is 0.792. The smallest absolute Gasteiger partial charge is 0.138 e. The molecule has 0 aliphatic rings. The van der Waals surface area contributed by atoms with E-state index >= 15 is 0 Å². The van der Waals surface area contributed by atoms with E-state index in [2.05, 4.69) is 5.10 Å². The van der Waals surface area contributed by atoms with Gasteiger partial charge in [0.2, 0.25) is 0 Å².